The molecule has 0 fully saturated rings. The van der Waals surface area contributed by atoms with E-state index in [1.165, 1.54) is 6.07 Å². The predicted molar refractivity (Wildman–Crippen MR) is 73.9 cm³/mol. The van der Waals surface area contributed by atoms with Crippen molar-refractivity contribution in [2.45, 2.75) is 13.5 Å². The first kappa shape index (κ1) is 14.1. The molecule has 0 radical (unpaired) electrons. The Bertz CT molecular complexity index is 564. The molecule has 1 aromatic heterocycles. The van der Waals surface area contributed by atoms with Gasteiger partial charge in [0.15, 0.2) is 5.82 Å². The quantitative estimate of drug-likeness (QED) is 0.779. The minimum Gasteiger partial charge on any atom is -0.439 e. The van der Waals surface area contributed by atoms with Gasteiger partial charge >= 0.3 is 0 Å². The molecule has 1 heterocycles. The van der Waals surface area contributed by atoms with Gasteiger partial charge in [0.1, 0.15) is 17.5 Å². The van der Waals surface area contributed by atoms with Crippen molar-refractivity contribution in [3.8, 4) is 11.6 Å². The van der Waals surface area contributed by atoms with Gasteiger partial charge in [-0.2, -0.15) is 4.98 Å². The molecule has 2 rings (SSSR count). The van der Waals surface area contributed by atoms with Crippen molar-refractivity contribution in [3.05, 3.63) is 46.3 Å². The predicted octanol–water partition coefficient (Wildman–Crippen LogP) is 4.11. The Hall–Kier alpha value is -1.36. The summed E-state index contributed by atoms with van der Waals surface area (Å²) in [6, 6.07) is 8.57. The number of hydrogen-bond acceptors (Lipinski definition) is 4. The standard InChI is InChI=1S/C13H12Cl2N2O2/c1-2-18-8-12-16-11(15)7-13(17-12)19-10-5-3-4-9(14)6-10/h3-7H,2,8H2,1H3. The Kier molecular flexibility index (Phi) is 4.96. The highest BCUT2D eigenvalue weighted by Gasteiger charge is 2.06. The number of halogens is 2. The molecule has 1 aromatic carbocycles. The van der Waals surface area contributed by atoms with Gasteiger partial charge in [-0.15, -0.1) is 0 Å². The molecule has 0 atom stereocenters. The van der Waals surface area contributed by atoms with E-state index in [1.54, 1.807) is 24.3 Å². The molecule has 0 aliphatic carbocycles. The molecule has 2 aromatic rings. The summed E-state index contributed by atoms with van der Waals surface area (Å²) in [7, 11) is 0. The van der Waals surface area contributed by atoms with E-state index in [1.807, 2.05) is 6.92 Å². The number of ether oxygens (including phenoxy) is 2. The highest BCUT2D eigenvalue weighted by Crippen LogP contribution is 2.24. The van der Waals surface area contributed by atoms with E-state index in [9.17, 15) is 0 Å². The van der Waals surface area contributed by atoms with Crippen LogP contribution in [0.25, 0.3) is 0 Å². The lowest BCUT2D eigenvalue weighted by Crippen LogP contribution is -2.00. The molecule has 0 saturated heterocycles. The molecular formula is C13H12Cl2N2O2. The lowest BCUT2D eigenvalue weighted by atomic mass is 10.3. The Labute approximate surface area is 121 Å². The number of benzene rings is 1. The van der Waals surface area contributed by atoms with Gasteiger partial charge in [-0.3, -0.25) is 0 Å². The molecule has 0 bridgehead atoms. The lowest BCUT2D eigenvalue weighted by Gasteiger charge is -2.07. The Morgan fingerprint density at radius 2 is 2.00 bits per heavy atom. The van der Waals surface area contributed by atoms with Gasteiger partial charge in [0.25, 0.3) is 0 Å². The van der Waals surface area contributed by atoms with Crippen LogP contribution in [0.4, 0.5) is 0 Å². The topological polar surface area (TPSA) is 44.2 Å². The second-order valence-corrected chi connectivity index (χ2v) is 4.47. The SMILES string of the molecule is CCOCc1nc(Cl)cc(Oc2cccc(Cl)c2)n1. The summed E-state index contributed by atoms with van der Waals surface area (Å²) in [5.41, 5.74) is 0. The van der Waals surface area contributed by atoms with Crippen molar-refractivity contribution in [1.29, 1.82) is 0 Å². The summed E-state index contributed by atoms with van der Waals surface area (Å²) >= 11 is 11.8. The maximum Gasteiger partial charge on any atom is 0.224 e. The van der Waals surface area contributed by atoms with E-state index in [2.05, 4.69) is 9.97 Å². The molecule has 0 saturated carbocycles. The number of rotatable bonds is 5. The number of aromatic nitrogens is 2. The van der Waals surface area contributed by atoms with E-state index in [4.69, 9.17) is 32.7 Å². The summed E-state index contributed by atoms with van der Waals surface area (Å²) in [6.07, 6.45) is 0. The van der Waals surface area contributed by atoms with Gasteiger partial charge in [-0.25, -0.2) is 4.98 Å². The molecule has 0 unspecified atom stereocenters. The summed E-state index contributed by atoms with van der Waals surface area (Å²) in [5.74, 6) is 1.42. The first-order valence-corrected chi connectivity index (χ1v) is 6.47. The van der Waals surface area contributed by atoms with E-state index >= 15 is 0 Å². The van der Waals surface area contributed by atoms with Crippen molar-refractivity contribution in [2.24, 2.45) is 0 Å². The number of nitrogens with zero attached hydrogens (tertiary/aromatic N) is 2. The monoisotopic (exact) mass is 298 g/mol. The van der Waals surface area contributed by atoms with Crippen LogP contribution in [-0.2, 0) is 11.3 Å². The average molecular weight is 299 g/mol. The zero-order chi connectivity index (χ0) is 13.7. The highest BCUT2D eigenvalue weighted by atomic mass is 35.5. The van der Waals surface area contributed by atoms with Crippen molar-refractivity contribution in [3.63, 3.8) is 0 Å². The average Bonchev–Trinajstić information content (AvgIpc) is 2.35. The largest absolute Gasteiger partial charge is 0.439 e. The van der Waals surface area contributed by atoms with Crippen LogP contribution in [0.15, 0.2) is 30.3 Å². The smallest absolute Gasteiger partial charge is 0.224 e. The van der Waals surface area contributed by atoms with Gasteiger partial charge in [0, 0.05) is 17.7 Å². The van der Waals surface area contributed by atoms with E-state index in [0.717, 1.165) is 0 Å². The third-order valence-corrected chi connectivity index (χ3v) is 2.60. The molecular weight excluding hydrogens is 287 g/mol. The fourth-order valence-corrected chi connectivity index (χ4v) is 1.77. The molecule has 0 amide bonds. The Morgan fingerprint density at radius 3 is 2.74 bits per heavy atom. The molecule has 0 N–H and O–H groups in total. The van der Waals surface area contributed by atoms with Crippen LogP contribution in [0.5, 0.6) is 11.6 Å². The minimum atomic E-state index is 0.295. The maximum atomic E-state index is 5.91. The van der Waals surface area contributed by atoms with Crippen LogP contribution in [-0.4, -0.2) is 16.6 Å². The van der Waals surface area contributed by atoms with Gasteiger partial charge in [-0.1, -0.05) is 29.3 Å². The molecule has 6 heteroatoms. The normalized spacial score (nSPS) is 10.5. The van der Waals surface area contributed by atoms with Crippen LogP contribution in [0.1, 0.15) is 12.7 Å². The molecule has 19 heavy (non-hydrogen) atoms. The fourth-order valence-electron chi connectivity index (χ4n) is 1.40. The second-order valence-electron chi connectivity index (χ2n) is 3.64. The zero-order valence-corrected chi connectivity index (χ0v) is 11.8. The number of hydrogen-bond donors (Lipinski definition) is 0. The van der Waals surface area contributed by atoms with Crippen molar-refractivity contribution < 1.29 is 9.47 Å². The molecule has 100 valence electrons. The highest BCUT2D eigenvalue weighted by molar-refractivity contribution is 6.30. The van der Waals surface area contributed by atoms with Gasteiger partial charge in [0.2, 0.25) is 5.88 Å². The first-order valence-electron chi connectivity index (χ1n) is 5.72. The first-order chi connectivity index (χ1) is 9.17. The molecule has 0 spiro atoms. The molecule has 4 nitrogen and oxygen atoms in total. The Balaban J connectivity index is 2.17. The van der Waals surface area contributed by atoms with Crippen molar-refractivity contribution >= 4 is 23.2 Å². The second kappa shape index (κ2) is 6.70. The van der Waals surface area contributed by atoms with Crippen LogP contribution >= 0.6 is 23.2 Å². The summed E-state index contributed by atoms with van der Waals surface area (Å²) < 4.78 is 10.8. The molecule has 0 aliphatic heterocycles. The summed E-state index contributed by atoms with van der Waals surface area (Å²) in [4.78, 5) is 8.26. The van der Waals surface area contributed by atoms with Gasteiger partial charge < -0.3 is 9.47 Å². The van der Waals surface area contributed by atoms with Crippen molar-refractivity contribution in [2.75, 3.05) is 6.61 Å². The maximum absolute atomic E-state index is 5.91. The third kappa shape index (κ3) is 4.35. The fraction of sp³-hybridized carbons (Fsp3) is 0.231. The van der Waals surface area contributed by atoms with Crippen LogP contribution in [0, 0.1) is 0 Å². The van der Waals surface area contributed by atoms with Crippen LogP contribution < -0.4 is 4.74 Å². The van der Waals surface area contributed by atoms with E-state index in [-0.39, 0.29) is 0 Å². The lowest BCUT2D eigenvalue weighted by molar-refractivity contribution is 0.128. The van der Waals surface area contributed by atoms with Gasteiger partial charge in [-0.05, 0) is 25.1 Å². The minimum absolute atomic E-state index is 0.295. The van der Waals surface area contributed by atoms with E-state index < -0.39 is 0 Å². The zero-order valence-electron chi connectivity index (χ0n) is 10.3. The van der Waals surface area contributed by atoms with Crippen LogP contribution in [0.2, 0.25) is 10.2 Å². The van der Waals surface area contributed by atoms with Crippen molar-refractivity contribution in [1.82, 2.24) is 9.97 Å². The van der Waals surface area contributed by atoms with Gasteiger partial charge in [0.05, 0.1) is 0 Å². The van der Waals surface area contributed by atoms with E-state index in [0.29, 0.717) is 40.8 Å². The molecule has 0 aliphatic rings. The third-order valence-electron chi connectivity index (χ3n) is 2.17. The Morgan fingerprint density at radius 1 is 1.16 bits per heavy atom. The summed E-state index contributed by atoms with van der Waals surface area (Å²) in [6.45, 7) is 2.78. The van der Waals surface area contributed by atoms with Crippen LogP contribution in [0.3, 0.4) is 0 Å². The summed E-state index contributed by atoms with van der Waals surface area (Å²) in [5, 5.41) is 0.897.